The minimum Gasteiger partial charge on any atom is -0.444 e. The molecule has 1 saturated heterocycles. The molecule has 0 bridgehead atoms. The number of fused-ring (bicyclic) bond motifs is 1. The van der Waals surface area contributed by atoms with Crippen molar-refractivity contribution in [3.05, 3.63) is 17.0 Å². The second-order valence-electron chi connectivity index (χ2n) is 8.30. The van der Waals surface area contributed by atoms with Gasteiger partial charge in [0.1, 0.15) is 5.60 Å². The van der Waals surface area contributed by atoms with Crippen molar-refractivity contribution < 1.29 is 19.1 Å². The number of amides is 2. The molecule has 0 saturated carbocycles. The van der Waals surface area contributed by atoms with Crippen LogP contribution in [0, 0.1) is 0 Å². The number of hydrogen-bond acceptors (Lipinski definition) is 5. The smallest absolute Gasteiger partial charge is 0.410 e. The zero-order chi connectivity index (χ0) is 19.8. The first kappa shape index (κ1) is 19.7. The summed E-state index contributed by atoms with van der Waals surface area (Å²) in [6.45, 7) is 7.82. The summed E-state index contributed by atoms with van der Waals surface area (Å²) in [5, 5.41) is 4.49. The monoisotopic (exact) mass is 378 g/mol. The number of nitrogens with zero attached hydrogens (tertiary/aromatic N) is 4. The van der Waals surface area contributed by atoms with Crippen molar-refractivity contribution >= 4 is 12.0 Å². The maximum Gasteiger partial charge on any atom is 0.410 e. The van der Waals surface area contributed by atoms with Gasteiger partial charge in [-0.05, 0) is 40.0 Å². The molecular weight excluding hydrogens is 348 g/mol. The van der Waals surface area contributed by atoms with Gasteiger partial charge in [0.2, 0.25) is 0 Å². The van der Waals surface area contributed by atoms with Crippen LogP contribution in [0.15, 0.2) is 0 Å². The fraction of sp³-hybridized carbons (Fsp3) is 0.737. The van der Waals surface area contributed by atoms with E-state index in [1.54, 1.807) is 16.7 Å². The van der Waals surface area contributed by atoms with E-state index in [1.807, 2.05) is 32.7 Å². The zero-order valence-corrected chi connectivity index (χ0v) is 16.9. The number of rotatable bonds is 2. The second-order valence-corrected chi connectivity index (χ2v) is 8.30. The molecule has 2 amide bonds. The van der Waals surface area contributed by atoms with E-state index in [0.29, 0.717) is 31.7 Å². The zero-order valence-electron chi connectivity index (χ0n) is 16.9. The Morgan fingerprint density at radius 1 is 1.19 bits per heavy atom. The summed E-state index contributed by atoms with van der Waals surface area (Å²) in [5.74, 6) is -0.0423. The van der Waals surface area contributed by atoms with Gasteiger partial charge in [0, 0.05) is 39.4 Å². The molecule has 27 heavy (non-hydrogen) atoms. The highest BCUT2D eigenvalue weighted by atomic mass is 16.6. The fourth-order valence-electron chi connectivity index (χ4n) is 3.69. The number of carbonyl (C=O) groups excluding carboxylic acids is 2. The van der Waals surface area contributed by atoms with Crippen LogP contribution >= 0.6 is 0 Å². The Morgan fingerprint density at radius 2 is 1.93 bits per heavy atom. The minimum absolute atomic E-state index is 0.0423. The molecule has 0 aromatic carbocycles. The molecule has 2 aliphatic heterocycles. The van der Waals surface area contributed by atoms with Gasteiger partial charge in [0.15, 0.2) is 5.69 Å². The lowest BCUT2D eigenvalue weighted by Crippen LogP contribution is -2.43. The molecule has 8 heteroatoms. The average Bonchev–Trinajstić information content (AvgIpc) is 2.96. The third-order valence-electron chi connectivity index (χ3n) is 5.10. The summed E-state index contributed by atoms with van der Waals surface area (Å²) in [7, 11) is 3.51. The van der Waals surface area contributed by atoms with Crippen LogP contribution in [0.25, 0.3) is 0 Å². The molecule has 150 valence electrons. The Bertz CT molecular complexity index is 722. The highest BCUT2D eigenvalue weighted by Crippen LogP contribution is 2.25. The van der Waals surface area contributed by atoms with Crippen LogP contribution in [-0.2, 0) is 29.5 Å². The molecule has 8 nitrogen and oxygen atoms in total. The quantitative estimate of drug-likeness (QED) is 0.786. The third-order valence-corrected chi connectivity index (χ3v) is 5.10. The van der Waals surface area contributed by atoms with Gasteiger partial charge in [0.25, 0.3) is 5.91 Å². The molecular formula is C19H30N4O4. The molecule has 1 aromatic heterocycles. The highest BCUT2D eigenvalue weighted by Gasteiger charge is 2.33. The van der Waals surface area contributed by atoms with Crippen molar-refractivity contribution in [3.8, 4) is 0 Å². The summed E-state index contributed by atoms with van der Waals surface area (Å²) >= 11 is 0. The number of likely N-dealkylation sites (tertiary alicyclic amines) is 1. The first-order valence-corrected chi connectivity index (χ1v) is 9.54. The fourth-order valence-corrected chi connectivity index (χ4v) is 3.69. The van der Waals surface area contributed by atoms with Gasteiger partial charge in [-0.1, -0.05) is 0 Å². The molecule has 0 N–H and O–H groups in total. The molecule has 0 aliphatic carbocycles. The Kier molecular flexibility index (Phi) is 5.46. The maximum absolute atomic E-state index is 13.0. The lowest BCUT2D eigenvalue weighted by atomic mass is 10.0. The first-order chi connectivity index (χ1) is 12.7. The van der Waals surface area contributed by atoms with Crippen LogP contribution in [-0.4, -0.2) is 70.0 Å². The summed E-state index contributed by atoms with van der Waals surface area (Å²) in [6.07, 6.45) is 2.27. The van der Waals surface area contributed by atoms with Gasteiger partial charge >= 0.3 is 6.09 Å². The van der Waals surface area contributed by atoms with E-state index in [4.69, 9.17) is 9.47 Å². The van der Waals surface area contributed by atoms with Crippen LogP contribution < -0.4 is 0 Å². The molecule has 0 spiro atoms. The van der Waals surface area contributed by atoms with Gasteiger partial charge in [0.05, 0.1) is 18.3 Å². The van der Waals surface area contributed by atoms with Crippen molar-refractivity contribution in [1.82, 2.24) is 19.6 Å². The number of carbonyl (C=O) groups is 2. The van der Waals surface area contributed by atoms with Crippen molar-refractivity contribution in [2.24, 2.45) is 7.05 Å². The van der Waals surface area contributed by atoms with E-state index in [-0.39, 0.29) is 18.1 Å². The molecule has 1 fully saturated rings. The predicted octanol–water partition coefficient (Wildman–Crippen LogP) is 1.96. The van der Waals surface area contributed by atoms with Gasteiger partial charge < -0.3 is 19.3 Å². The SMILES string of the molecule is COC1CCCN(C(=O)c2nn(C)c3c2CCN(C(=O)OC(C)(C)C)C3)C1. The number of methoxy groups -OCH3 is 1. The van der Waals surface area contributed by atoms with Crippen LogP contribution in [0.3, 0.4) is 0 Å². The second kappa shape index (κ2) is 7.50. The number of hydrogen-bond donors (Lipinski definition) is 0. The van der Waals surface area contributed by atoms with Gasteiger partial charge in [-0.2, -0.15) is 5.10 Å². The lowest BCUT2D eigenvalue weighted by Gasteiger charge is -2.32. The Hall–Kier alpha value is -2.09. The average molecular weight is 378 g/mol. The molecule has 3 rings (SSSR count). The number of piperidine rings is 1. The molecule has 1 unspecified atom stereocenters. The summed E-state index contributed by atoms with van der Waals surface area (Å²) in [5.41, 5.74) is 1.82. The Labute approximate surface area is 160 Å². The minimum atomic E-state index is -0.531. The van der Waals surface area contributed by atoms with Crippen molar-refractivity contribution in [2.75, 3.05) is 26.7 Å². The lowest BCUT2D eigenvalue weighted by molar-refractivity contribution is 0.0219. The van der Waals surface area contributed by atoms with Crippen LogP contribution in [0.2, 0.25) is 0 Å². The predicted molar refractivity (Wildman–Crippen MR) is 99.5 cm³/mol. The first-order valence-electron chi connectivity index (χ1n) is 9.54. The number of aromatic nitrogens is 2. The van der Waals surface area contributed by atoms with E-state index < -0.39 is 5.60 Å². The molecule has 1 atom stereocenters. The van der Waals surface area contributed by atoms with E-state index in [9.17, 15) is 9.59 Å². The van der Waals surface area contributed by atoms with Gasteiger partial charge in [-0.3, -0.25) is 9.48 Å². The maximum atomic E-state index is 13.0. The molecule has 1 aromatic rings. The normalized spacial score (nSPS) is 20.4. The van der Waals surface area contributed by atoms with Crippen molar-refractivity contribution in [1.29, 1.82) is 0 Å². The third kappa shape index (κ3) is 4.26. The number of aryl methyl sites for hydroxylation is 1. The van der Waals surface area contributed by atoms with Crippen molar-refractivity contribution in [2.45, 2.75) is 58.3 Å². The van der Waals surface area contributed by atoms with E-state index in [0.717, 1.165) is 30.6 Å². The van der Waals surface area contributed by atoms with Crippen LogP contribution in [0.4, 0.5) is 4.79 Å². The van der Waals surface area contributed by atoms with Gasteiger partial charge in [-0.15, -0.1) is 0 Å². The van der Waals surface area contributed by atoms with E-state index in [2.05, 4.69) is 5.10 Å². The van der Waals surface area contributed by atoms with Gasteiger partial charge in [-0.25, -0.2) is 4.79 Å². The molecule has 3 heterocycles. The Morgan fingerprint density at radius 3 is 2.59 bits per heavy atom. The largest absolute Gasteiger partial charge is 0.444 e. The van der Waals surface area contributed by atoms with Crippen LogP contribution in [0.1, 0.15) is 55.4 Å². The van der Waals surface area contributed by atoms with Crippen molar-refractivity contribution in [3.63, 3.8) is 0 Å². The molecule has 2 aliphatic rings. The van der Waals surface area contributed by atoms with E-state index >= 15 is 0 Å². The summed E-state index contributed by atoms with van der Waals surface area (Å²) in [6, 6.07) is 0. The summed E-state index contributed by atoms with van der Waals surface area (Å²) in [4.78, 5) is 28.9. The Balaban J connectivity index is 1.76. The standard InChI is InChI=1S/C19H30N4O4/c1-19(2,3)27-18(25)23-10-8-14-15(12-23)21(4)20-16(14)17(24)22-9-6-7-13(11-22)26-5/h13H,6-12H2,1-5H3. The summed E-state index contributed by atoms with van der Waals surface area (Å²) < 4.78 is 12.6. The highest BCUT2D eigenvalue weighted by molar-refractivity contribution is 5.94. The topological polar surface area (TPSA) is 76.9 Å². The molecule has 0 radical (unpaired) electrons. The van der Waals surface area contributed by atoms with E-state index in [1.165, 1.54) is 0 Å². The number of ether oxygens (including phenoxy) is 2. The van der Waals surface area contributed by atoms with Crippen LogP contribution in [0.5, 0.6) is 0 Å².